The van der Waals surface area contributed by atoms with Gasteiger partial charge in [0.2, 0.25) is 0 Å². The van der Waals surface area contributed by atoms with Crippen molar-refractivity contribution in [3.05, 3.63) is 39.2 Å². The summed E-state index contributed by atoms with van der Waals surface area (Å²) in [5.41, 5.74) is 2.33. The van der Waals surface area contributed by atoms with Gasteiger partial charge in [0, 0.05) is 5.56 Å². The summed E-state index contributed by atoms with van der Waals surface area (Å²) < 4.78 is 11.6. The Kier molecular flexibility index (Phi) is 5.81. The Morgan fingerprint density at radius 3 is 2.48 bits per heavy atom. The minimum absolute atomic E-state index is 0. The molecular formula is C16H22ClNO3. The Morgan fingerprint density at radius 2 is 1.90 bits per heavy atom. The molecule has 1 heterocycles. The van der Waals surface area contributed by atoms with Crippen molar-refractivity contribution in [1.29, 1.82) is 0 Å². The van der Waals surface area contributed by atoms with Gasteiger partial charge >= 0.3 is 0 Å². The van der Waals surface area contributed by atoms with Gasteiger partial charge in [-0.25, -0.2) is 0 Å². The highest BCUT2D eigenvalue weighted by Gasteiger charge is 2.17. The average Bonchev–Trinajstić information content (AvgIpc) is 2.39. The molecule has 1 N–H and O–H groups in total. The van der Waals surface area contributed by atoms with Crippen molar-refractivity contribution in [3.8, 4) is 5.75 Å². The molecule has 0 saturated heterocycles. The van der Waals surface area contributed by atoms with Gasteiger partial charge in [-0.3, -0.25) is 4.79 Å². The maximum absolute atomic E-state index is 12.3. The van der Waals surface area contributed by atoms with Crippen molar-refractivity contribution >= 4 is 11.0 Å². The van der Waals surface area contributed by atoms with Crippen LogP contribution in [0.5, 0.6) is 5.75 Å². The van der Waals surface area contributed by atoms with Crippen LogP contribution in [0.2, 0.25) is 0 Å². The Morgan fingerprint density at radius 1 is 1.24 bits per heavy atom. The highest BCUT2D eigenvalue weighted by molar-refractivity contribution is 5.82. The third-order valence-electron chi connectivity index (χ3n) is 3.42. The summed E-state index contributed by atoms with van der Waals surface area (Å²) in [4.78, 5) is 13.6. The van der Waals surface area contributed by atoms with Crippen LogP contribution in [-0.4, -0.2) is 20.7 Å². The second-order valence-corrected chi connectivity index (χ2v) is 5.35. The number of fused-ring (bicyclic) bond motifs is 1. The Bertz CT molecular complexity index is 692. The molecule has 1 aromatic heterocycles. The summed E-state index contributed by atoms with van der Waals surface area (Å²) in [5.74, 6) is 1.47. The Balaban J connectivity index is 0.00000220. The Labute approximate surface area is 131 Å². The predicted molar refractivity (Wildman–Crippen MR) is 79.6 cm³/mol. The van der Waals surface area contributed by atoms with E-state index in [1.807, 2.05) is 19.9 Å². The van der Waals surface area contributed by atoms with E-state index < -0.39 is 0 Å². The van der Waals surface area contributed by atoms with Crippen LogP contribution < -0.4 is 27.5 Å². The molecule has 2 aromatic rings. The molecule has 0 unspecified atom stereocenters. The number of benzene rings is 1. The molecule has 0 aliphatic carbocycles. The quantitative estimate of drug-likeness (QED) is 0.744. The molecule has 0 amide bonds. The minimum Gasteiger partial charge on any atom is -1.00 e. The van der Waals surface area contributed by atoms with Gasteiger partial charge in [-0.2, -0.15) is 0 Å². The molecule has 0 aliphatic heterocycles. The molecule has 0 bridgehead atoms. The first-order chi connectivity index (χ1) is 9.45. The lowest BCUT2D eigenvalue weighted by Gasteiger charge is -2.15. The zero-order valence-corrected chi connectivity index (χ0v) is 13.9. The molecule has 1 aromatic carbocycles. The van der Waals surface area contributed by atoms with Crippen LogP contribution in [0.3, 0.4) is 0 Å². The summed E-state index contributed by atoms with van der Waals surface area (Å²) in [6.45, 7) is 6.92. The first-order valence-corrected chi connectivity index (χ1v) is 6.93. The van der Waals surface area contributed by atoms with Gasteiger partial charge in [0.05, 0.1) is 31.7 Å². The topological polar surface area (TPSA) is 43.9 Å². The maximum Gasteiger partial charge on any atom is 0.195 e. The van der Waals surface area contributed by atoms with E-state index in [-0.39, 0.29) is 17.8 Å². The second-order valence-electron chi connectivity index (χ2n) is 5.35. The average molecular weight is 312 g/mol. The summed E-state index contributed by atoms with van der Waals surface area (Å²) in [7, 11) is 4.13. The molecular weight excluding hydrogens is 290 g/mol. The number of hydrogen-bond donors (Lipinski definition) is 1. The van der Waals surface area contributed by atoms with Gasteiger partial charge in [-0.05, 0) is 32.9 Å². The zero-order chi connectivity index (χ0) is 14.9. The van der Waals surface area contributed by atoms with E-state index in [0.717, 1.165) is 17.9 Å². The van der Waals surface area contributed by atoms with E-state index in [1.165, 1.54) is 4.90 Å². The van der Waals surface area contributed by atoms with Crippen LogP contribution in [0.4, 0.5) is 0 Å². The minimum atomic E-state index is 0. The van der Waals surface area contributed by atoms with Gasteiger partial charge in [0.25, 0.3) is 0 Å². The Hall–Kier alpha value is -1.52. The highest BCUT2D eigenvalue weighted by Crippen LogP contribution is 2.27. The van der Waals surface area contributed by atoms with Crippen molar-refractivity contribution < 1.29 is 26.5 Å². The van der Waals surface area contributed by atoms with Crippen LogP contribution >= 0.6 is 0 Å². The molecule has 2 rings (SSSR count). The van der Waals surface area contributed by atoms with Gasteiger partial charge in [-0.15, -0.1) is 0 Å². The second kappa shape index (κ2) is 6.96. The van der Waals surface area contributed by atoms with Crippen LogP contribution in [0.15, 0.2) is 21.3 Å². The van der Waals surface area contributed by atoms with Crippen LogP contribution in [0.25, 0.3) is 11.0 Å². The van der Waals surface area contributed by atoms with Gasteiger partial charge in [-0.1, -0.05) is 0 Å². The van der Waals surface area contributed by atoms with Crippen LogP contribution in [-0.2, 0) is 6.54 Å². The molecule has 0 aliphatic rings. The first-order valence-electron chi connectivity index (χ1n) is 6.93. The smallest absolute Gasteiger partial charge is 0.195 e. The van der Waals surface area contributed by atoms with Gasteiger partial charge < -0.3 is 26.5 Å². The number of rotatable bonds is 4. The lowest BCUT2D eigenvalue weighted by molar-refractivity contribution is -0.872. The van der Waals surface area contributed by atoms with Crippen LogP contribution in [0.1, 0.15) is 23.8 Å². The van der Waals surface area contributed by atoms with E-state index in [0.29, 0.717) is 28.9 Å². The van der Waals surface area contributed by atoms with Crippen molar-refractivity contribution in [2.75, 3.05) is 20.7 Å². The molecule has 21 heavy (non-hydrogen) atoms. The number of aryl methyl sites for hydroxylation is 1. The molecule has 0 fully saturated rings. The van der Waals surface area contributed by atoms with Gasteiger partial charge in [0.15, 0.2) is 11.0 Å². The first kappa shape index (κ1) is 17.5. The SMILES string of the molecule is CCOc1ccc2c(=O)c(C)c(C)oc2c1C[NH+](C)C.[Cl-]. The zero-order valence-electron chi connectivity index (χ0n) is 13.2. The standard InChI is InChI=1S/C16H21NO3.ClH/c1-6-19-14-8-7-12-15(18)10(2)11(3)20-16(12)13(14)9-17(4)5;/h7-8H,6,9H2,1-5H3;1H. The summed E-state index contributed by atoms with van der Waals surface area (Å²) >= 11 is 0. The molecule has 0 saturated carbocycles. The highest BCUT2D eigenvalue weighted by atomic mass is 35.5. The third-order valence-corrected chi connectivity index (χ3v) is 3.42. The van der Waals surface area contributed by atoms with Crippen molar-refractivity contribution in [2.45, 2.75) is 27.3 Å². The fourth-order valence-electron chi connectivity index (χ4n) is 2.31. The lowest BCUT2D eigenvalue weighted by Crippen LogP contribution is -3.04. The van der Waals surface area contributed by atoms with E-state index in [9.17, 15) is 4.79 Å². The predicted octanol–water partition coefficient (Wildman–Crippen LogP) is -1.54. The van der Waals surface area contributed by atoms with Crippen molar-refractivity contribution in [2.24, 2.45) is 0 Å². The number of ether oxygens (including phenoxy) is 1. The number of hydrogen-bond acceptors (Lipinski definition) is 3. The molecule has 0 radical (unpaired) electrons. The number of nitrogens with one attached hydrogen (secondary N) is 1. The molecule has 5 heteroatoms. The normalized spacial score (nSPS) is 10.8. The number of halogens is 1. The van der Waals surface area contributed by atoms with E-state index in [2.05, 4.69) is 14.1 Å². The van der Waals surface area contributed by atoms with Crippen molar-refractivity contribution in [1.82, 2.24) is 0 Å². The summed E-state index contributed by atoms with van der Waals surface area (Å²) in [5, 5.41) is 0.632. The van der Waals surface area contributed by atoms with E-state index >= 15 is 0 Å². The summed E-state index contributed by atoms with van der Waals surface area (Å²) in [6, 6.07) is 3.67. The molecule has 0 atom stereocenters. The molecule has 116 valence electrons. The molecule has 4 nitrogen and oxygen atoms in total. The third kappa shape index (κ3) is 3.39. The maximum atomic E-state index is 12.3. The summed E-state index contributed by atoms with van der Waals surface area (Å²) in [6.07, 6.45) is 0. The van der Waals surface area contributed by atoms with Crippen LogP contribution in [0, 0.1) is 13.8 Å². The monoisotopic (exact) mass is 311 g/mol. The largest absolute Gasteiger partial charge is 1.00 e. The van der Waals surface area contributed by atoms with Crippen molar-refractivity contribution in [3.63, 3.8) is 0 Å². The fourth-order valence-corrected chi connectivity index (χ4v) is 2.31. The van der Waals surface area contributed by atoms with E-state index in [1.54, 1.807) is 13.0 Å². The lowest BCUT2D eigenvalue weighted by atomic mass is 10.1. The number of quaternary nitrogens is 1. The van der Waals surface area contributed by atoms with E-state index in [4.69, 9.17) is 9.15 Å². The molecule has 0 spiro atoms. The fraction of sp³-hybridized carbons (Fsp3) is 0.438. The van der Waals surface area contributed by atoms with Gasteiger partial charge in [0.1, 0.15) is 18.1 Å².